The Hall–Kier alpha value is -2.14. The molecular formula is C19H25N3O2. The molecule has 0 aliphatic carbocycles. The summed E-state index contributed by atoms with van der Waals surface area (Å²) in [5.41, 5.74) is 1.58. The largest absolute Gasteiger partial charge is 0.330 e. The smallest absolute Gasteiger partial charge is 0.303 e. The van der Waals surface area contributed by atoms with E-state index in [1.807, 2.05) is 6.07 Å². The summed E-state index contributed by atoms with van der Waals surface area (Å²) in [5, 5.41) is 0. The van der Waals surface area contributed by atoms with Crippen molar-refractivity contribution in [3.05, 3.63) is 68.5 Å². The van der Waals surface area contributed by atoms with Gasteiger partial charge in [-0.25, -0.2) is 4.79 Å². The number of piperidine rings is 1. The molecule has 0 bridgehead atoms. The van der Waals surface area contributed by atoms with Gasteiger partial charge in [0.1, 0.15) is 0 Å². The molecule has 3 rings (SSSR count). The van der Waals surface area contributed by atoms with Crippen LogP contribution in [0.25, 0.3) is 0 Å². The van der Waals surface area contributed by atoms with Gasteiger partial charge in [-0.2, -0.15) is 0 Å². The van der Waals surface area contributed by atoms with Crippen molar-refractivity contribution in [1.82, 2.24) is 14.0 Å². The van der Waals surface area contributed by atoms with Crippen molar-refractivity contribution in [2.75, 3.05) is 6.54 Å². The molecule has 0 amide bonds. The molecule has 1 fully saturated rings. The highest BCUT2D eigenvalue weighted by Gasteiger charge is 2.24. The Bertz CT molecular complexity index is 808. The van der Waals surface area contributed by atoms with Crippen LogP contribution in [0.15, 0.2) is 46.1 Å². The molecule has 128 valence electrons. The van der Waals surface area contributed by atoms with Crippen LogP contribution < -0.4 is 11.2 Å². The van der Waals surface area contributed by atoms with Gasteiger partial charge in [0.2, 0.25) is 0 Å². The summed E-state index contributed by atoms with van der Waals surface area (Å²) in [6.45, 7) is 1.61. The van der Waals surface area contributed by atoms with Crippen molar-refractivity contribution >= 4 is 0 Å². The number of benzene rings is 1. The molecule has 0 saturated carbocycles. The molecule has 1 aliphatic heterocycles. The van der Waals surface area contributed by atoms with Gasteiger partial charge in [0, 0.05) is 38.4 Å². The maximum absolute atomic E-state index is 12.4. The topological polar surface area (TPSA) is 47.2 Å². The predicted octanol–water partition coefficient (Wildman–Crippen LogP) is 1.68. The first-order valence-electron chi connectivity index (χ1n) is 8.60. The van der Waals surface area contributed by atoms with Gasteiger partial charge in [0.25, 0.3) is 5.56 Å². The van der Waals surface area contributed by atoms with E-state index in [0.29, 0.717) is 18.2 Å². The maximum Gasteiger partial charge on any atom is 0.330 e. The molecule has 0 spiro atoms. The maximum atomic E-state index is 12.4. The SMILES string of the molecule is Cn1cc(CN2CCCC[C@@H]2Cc2ccccc2)c(=O)n(C)c1=O. The standard InChI is InChI=1S/C19H25N3O2/c1-20-13-16(18(23)21(2)19(20)24)14-22-11-7-6-10-17(22)12-15-8-4-3-5-9-15/h3-5,8-9,13,17H,6-7,10-12,14H2,1-2H3/t17-/m1/s1. The van der Waals surface area contributed by atoms with Gasteiger partial charge in [0.05, 0.1) is 0 Å². The van der Waals surface area contributed by atoms with E-state index in [2.05, 4.69) is 29.2 Å². The second-order valence-electron chi connectivity index (χ2n) is 6.72. The molecule has 5 nitrogen and oxygen atoms in total. The summed E-state index contributed by atoms with van der Waals surface area (Å²) in [6, 6.07) is 11.0. The van der Waals surface area contributed by atoms with E-state index in [4.69, 9.17) is 0 Å². The fourth-order valence-corrected chi connectivity index (χ4v) is 3.60. The zero-order valence-electron chi connectivity index (χ0n) is 14.4. The number of aromatic nitrogens is 2. The fraction of sp³-hybridized carbons (Fsp3) is 0.474. The Morgan fingerprint density at radius 2 is 1.83 bits per heavy atom. The Morgan fingerprint density at radius 1 is 1.08 bits per heavy atom. The normalized spacial score (nSPS) is 18.7. The van der Waals surface area contributed by atoms with Crippen molar-refractivity contribution in [2.24, 2.45) is 14.1 Å². The van der Waals surface area contributed by atoms with E-state index in [-0.39, 0.29) is 11.2 Å². The van der Waals surface area contributed by atoms with Crippen molar-refractivity contribution in [3.63, 3.8) is 0 Å². The summed E-state index contributed by atoms with van der Waals surface area (Å²) in [4.78, 5) is 26.7. The number of nitrogens with zero attached hydrogens (tertiary/aromatic N) is 3. The highest BCUT2D eigenvalue weighted by Crippen LogP contribution is 2.22. The fourth-order valence-electron chi connectivity index (χ4n) is 3.60. The van der Waals surface area contributed by atoms with Crippen LogP contribution in [0.1, 0.15) is 30.4 Å². The van der Waals surface area contributed by atoms with E-state index >= 15 is 0 Å². The lowest BCUT2D eigenvalue weighted by Gasteiger charge is -2.35. The van der Waals surface area contributed by atoms with E-state index in [9.17, 15) is 9.59 Å². The van der Waals surface area contributed by atoms with Gasteiger partial charge in [-0.15, -0.1) is 0 Å². The first kappa shape index (κ1) is 16.7. The third kappa shape index (κ3) is 3.51. The second-order valence-corrected chi connectivity index (χ2v) is 6.72. The van der Waals surface area contributed by atoms with Crippen LogP contribution in [0.2, 0.25) is 0 Å². The Labute approximate surface area is 142 Å². The second kappa shape index (κ2) is 7.18. The molecule has 24 heavy (non-hydrogen) atoms. The molecule has 0 radical (unpaired) electrons. The number of hydrogen-bond donors (Lipinski definition) is 0. The van der Waals surface area contributed by atoms with Crippen LogP contribution in [-0.4, -0.2) is 26.6 Å². The molecule has 5 heteroatoms. The molecule has 1 aromatic heterocycles. The summed E-state index contributed by atoms with van der Waals surface area (Å²) in [5.74, 6) is 0. The molecule has 0 unspecified atom stereocenters. The summed E-state index contributed by atoms with van der Waals surface area (Å²) >= 11 is 0. The molecule has 1 aliphatic rings. The predicted molar refractivity (Wildman–Crippen MR) is 95.1 cm³/mol. The average Bonchev–Trinajstić information content (AvgIpc) is 2.60. The Morgan fingerprint density at radius 3 is 2.58 bits per heavy atom. The lowest BCUT2D eigenvalue weighted by atomic mass is 9.95. The molecule has 2 heterocycles. The highest BCUT2D eigenvalue weighted by molar-refractivity contribution is 5.16. The minimum absolute atomic E-state index is 0.179. The van der Waals surface area contributed by atoms with Crippen LogP contribution in [0.4, 0.5) is 0 Å². The van der Waals surface area contributed by atoms with Crippen LogP contribution in [0.5, 0.6) is 0 Å². The number of rotatable bonds is 4. The van der Waals surface area contributed by atoms with Gasteiger partial charge in [-0.3, -0.25) is 14.3 Å². The minimum atomic E-state index is -0.275. The summed E-state index contributed by atoms with van der Waals surface area (Å²) in [6.07, 6.45) is 6.25. The third-order valence-electron chi connectivity index (χ3n) is 4.95. The number of hydrogen-bond acceptors (Lipinski definition) is 3. The van der Waals surface area contributed by atoms with Crippen LogP contribution >= 0.6 is 0 Å². The first-order valence-corrected chi connectivity index (χ1v) is 8.60. The lowest BCUT2D eigenvalue weighted by molar-refractivity contribution is 0.138. The quantitative estimate of drug-likeness (QED) is 0.858. The Kier molecular flexibility index (Phi) is 5.00. The molecule has 1 atom stereocenters. The van der Waals surface area contributed by atoms with E-state index < -0.39 is 0 Å². The average molecular weight is 327 g/mol. The highest BCUT2D eigenvalue weighted by atomic mass is 16.2. The van der Waals surface area contributed by atoms with Crippen molar-refractivity contribution in [1.29, 1.82) is 0 Å². The van der Waals surface area contributed by atoms with Crippen LogP contribution in [0.3, 0.4) is 0 Å². The molecule has 2 aromatic rings. The molecule has 0 N–H and O–H groups in total. The minimum Gasteiger partial charge on any atom is -0.303 e. The van der Waals surface area contributed by atoms with Gasteiger partial charge < -0.3 is 4.57 Å². The van der Waals surface area contributed by atoms with Gasteiger partial charge >= 0.3 is 5.69 Å². The molecule has 1 saturated heterocycles. The van der Waals surface area contributed by atoms with Crippen molar-refractivity contribution in [3.8, 4) is 0 Å². The summed E-state index contributed by atoms with van der Waals surface area (Å²) in [7, 11) is 3.24. The third-order valence-corrected chi connectivity index (χ3v) is 4.95. The zero-order valence-corrected chi connectivity index (χ0v) is 14.4. The van der Waals surface area contributed by atoms with E-state index in [1.54, 1.807) is 20.3 Å². The van der Waals surface area contributed by atoms with Crippen LogP contribution in [-0.2, 0) is 27.1 Å². The van der Waals surface area contributed by atoms with Gasteiger partial charge in [-0.05, 0) is 31.4 Å². The number of likely N-dealkylation sites (tertiary alicyclic amines) is 1. The Balaban J connectivity index is 1.82. The monoisotopic (exact) mass is 327 g/mol. The molecular weight excluding hydrogens is 302 g/mol. The van der Waals surface area contributed by atoms with Gasteiger partial charge in [0.15, 0.2) is 0 Å². The van der Waals surface area contributed by atoms with E-state index in [1.165, 1.54) is 21.1 Å². The van der Waals surface area contributed by atoms with Crippen molar-refractivity contribution in [2.45, 2.75) is 38.3 Å². The number of aryl methyl sites for hydroxylation is 1. The van der Waals surface area contributed by atoms with Gasteiger partial charge in [-0.1, -0.05) is 36.8 Å². The summed E-state index contributed by atoms with van der Waals surface area (Å²) < 4.78 is 2.69. The zero-order chi connectivity index (χ0) is 17.1. The van der Waals surface area contributed by atoms with Crippen LogP contribution in [0, 0.1) is 0 Å². The lowest BCUT2D eigenvalue weighted by Crippen LogP contribution is -2.44. The van der Waals surface area contributed by atoms with Crippen molar-refractivity contribution < 1.29 is 0 Å². The first-order chi connectivity index (χ1) is 11.6. The van der Waals surface area contributed by atoms with E-state index in [0.717, 1.165) is 25.8 Å². The molecule has 1 aromatic carbocycles.